The number of rotatable bonds is 3. The van der Waals surface area contributed by atoms with Crippen molar-refractivity contribution in [2.45, 2.75) is 25.3 Å². The summed E-state index contributed by atoms with van der Waals surface area (Å²) in [4.78, 5) is 7.67. The van der Waals surface area contributed by atoms with Crippen LogP contribution < -0.4 is 0 Å². The summed E-state index contributed by atoms with van der Waals surface area (Å²) in [7, 11) is 0. The molecule has 80 valence electrons. The normalized spacial score (nSPS) is 15.8. The van der Waals surface area contributed by atoms with Crippen molar-refractivity contribution in [1.29, 1.82) is 0 Å². The lowest BCUT2D eigenvalue weighted by atomic mass is 10.2. The van der Waals surface area contributed by atoms with Gasteiger partial charge < -0.3 is 0 Å². The Kier molecular flexibility index (Phi) is 4.04. The van der Waals surface area contributed by atoms with E-state index in [1.807, 2.05) is 44.2 Å². The van der Waals surface area contributed by atoms with Crippen molar-refractivity contribution in [2.75, 3.05) is 0 Å². The predicted octanol–water partition coefficient (Wildman–Crippen LogP) is 3.50. The van der Waals surface area contributed by atoms with Gasteiger partial charge in [0.15, 0.2) is 5.84 Å². The summed E-state index contributed by atoms with van der Waals surface area (Å²) in [5.74, 6) is 0.593. The second-order valence-corrected chi connectivity index (χ2v) is 4.27. The quantitative estimate of drug-likeness (QED) is 0.324. The van der Waals surface area contributed by atoms with Gasteiger partial charge in [0, 0.05) is 5.56 Å². The molecule has 0 saturated heterocycles. The Morgan fingerprint density at radius 1 is 1.40 bits per heavy atom. The molecule has 1 rings (SSSR count). The minimum atomic E-state index is -0.605. The van der Waals surface area contributed by atoms with Gasteiger partial charge in [-0.05, 0) is 20.1 Å². The Morgan fingerprint density at radius 2 is 2.00 bits per heavy atom. The molecule has 0 aliphatic heterocycles. The monoisotopic (exact) mass is 222 g/mol. The highest BCUT2D eigenvalue weighted by Gasteiger charge is 2.17. The van der Waals surface area contributed by atoms with Crippen LogP contribution in [0.2, 0.25) is 0 Å². The molecule has 0 aliphatic rings. The molecule has 0 aliphatic carbocycles. The van der Waals surface area contributed by atoms with E-state index >= 15 is 0 Å². The van der Waals surface area contributed by atoms with E-state index in [0.717, 1.165) is 12.0 Å². The van der Waals surface area contributed by atoms with Crippen LogP contribution in [0.25, 0.3) is 0 Å². The number of halogens is 1. The topological polar surface area (TPSA) is 24.7 Å². The van der Waals surface area contributed by atoms with Crippen LogP contribution in [0.4, 0.5) is 0 Å². The van der Waals surface area contributed by atoms with Crippen LogP contribution in [0, 0.1) is 0 Å². The van der Waals surface area contributed by atoms with Gasteiger partial charge in [0.1, 0.15) is 5.00 Å². The second kappa shape index (κ2) is 5.08. The van der Waals surface area contributed by atoms with Gasteiger partial charge in [-0.3, -0.25) is 0 Å². The third-order valence-electron chi connectivity index (χ3n) is 2.17. The summed E-state index contributed by atoms with van der Waals surface area (Å²) in [5.41, 5.74) is 0.938. The standard InChI is InChI=1S/C12H15ClN2/c1-4-12(2,13)15-11(14-3)10-8-6-5-7-9-10/h5-9H,3-4H2,1-2H3. The predicted molar refractivity (Wildman–Crippen MR) is 67.1 cm³/mol. The minimum Gasteiger partial charge on any atom is -0.245 e. The number of alkyl halides is 1. The maximum atomic E-state index is 6.17. The lowest BCUT2D eigenvalue weighted by Gasteiger charge is -2.15. The molecule has 0 saturated carbocycles. The first-order valence-corrected chi connectivity index (χ1v) is 5.28. The lowest BCUT2D eigenvalue weighted by Crippen LogP contribution is -2.14. The van der Waals surface area contributed by atoms with E-state index < -0.39 is 5.00 Å². The molecule has 1 unspecified atom stereocenters. The Hall–Kier alpha value is -1.15. The molecule has 0 heterocycles. The molecule has 0 fully saturated rings. The van der Waals surface area contributed by atoms with E-state index in [1.54, 1.807) is 0 Å². The molecular weight excluding hydrogens is 208 g/mol. The minimum absolute atomic E-state index is 0.593. The molecule has 1 aromatic rings. The zero-order valence-corrected chi connectivity index (χ0v) is 9.83. The molecule has 0 amide bonds. The zero-order valence-electron chi connectivity index (χ0n) is 9.07. The smallest absolute Gasteiger partial charge is 0.155 e. The maximum absolute atomic E-state index is 6.17. The number of hydrogen-bond donors (Lipinski definition) is 0. The summed E-state index contributed by atoms with van der Waals surface area (Å²) >= 11 is 6.17. The van der Waals surface area contributed by atoms with E-state index in [2.05, 4.69) is 16.7 Å². The fourth-order valence-corrected chi connectivity index (χ4v) is 1.16. The lowest BCUT2D eigenvalue weighted by molar-refractivity contribution is 0.640. The van der Waals surface area contributed by atoms with Crippen LogP contribution in [-0.2, 0) is 0 Å². The average Bonchev–Trinajstić information content (AvgIpc) is 2.27. The molecule has 3 heteroatoms. The Labute approximate surface area is 95.7 Å². The Bertz CT molecular complexity index is 355. The fourth-order valence-electron chi connectivity index (χ4n) is 1.08. The van der Waals surface area contributed by atoms with Crippen LogP contribution in [0.3, 0.4) is 0 Å². The highest BCUT2D eigenvalue weighted by atomic mass is 35.5. The molecule has 15 heavy (non-hydrogen) atoms. The summed E-state index contributed by atoms with van der Waals surface area (Å²) < 4.78 is 0. The first kappa shape index (κ1) is 11.9. The number of amidine groups is 1. The highest BCUT2D eigenvalue weighted by Crippen LogP contribution is 2.21. The van der Waals surface area contributed by atoms with Gasteiger partial charge in [-0.1, -0.05) is 48.9 Å². The molecule has 0 N–H and O–H groups in total. The summed E-state index contributed by atoms with van der Waals surface area (Å²) in [6, 6.07) is 9.71. The molecular formula is C12H15ClN2. The third kappa shape index (κ3) is 3.48. The third-order valence-corrected chi connectivity index (χ3v) is 2.52. The van der Waals surface area contributed by atoms with Gasteiger partial charge in [-0.25, -0.2) is 9.98 Å². The molecule has 0 radical (unpaired) electrons. The number of hydrogen-bond acceptors (Lipinski definition) is 1. The maximum Gasteiger partial charge on any atom is 0.155 e. The molecule has 0 bridgehead atoms. The number of benzene rings is 1. The van der Waals surface area contributed by atoms with Crippen LogP contribution in [-0.4, -0.2) is 17.6 Å². The Morgan fingerprint density at radius 3 is 2.47 bits per heavy atom. The molecule has 0 aromatic heterocycles. The molecule has 1 atom stereocenters. The van der Waals surface area contributed by atoms with Crippen molar-refractivity contribution >= 4 is 24.2 Å². The van der Waals surface area contributed by atoms with Gasteiger partial charge in [0.2, 0.25) is 0 Å². The van der Waals surface area contributed by atoms with Crippen molar-refractivity contribution in [2.24, 2.45) is 9.98 Å². The largest absolute Gasteiger partial charge is 0.245 e. The SMILES string of the molecule is C=NC(=NC(C)(Cl)CC)c1ccccc1. The number of aliphatic imine (C=N–C) groups is 2. The van der Waals surface area contributed by atoms with E-state index in [0.29, 0.717) is 5.84 Å². The van der Waals surface area contributed by atoms with Crippen molar-refractivity contribution in [3.05, 3.63) is 35.9 Å². The van der Waals surface area contributed by atoms with Crippen molar-refractivity contribution < 1.29 is 0 Å². The van der Waals surface area contributed by atoms with Gasteiger partial charge in [0.05, 0.1) is 0 Å². The highest BCUT2D eigenvalue weighted by molar-refractivity contribution is 6.24. The average molecular weight is 223 g/mol. The first-order chi connectivity index (χ1) is 7.09. The van der Waals surface area contributed by atoms with Gasteiger partial charge in [-0.2, -0.15) is 0 Å². The number of nitrogens with zero attached hydrogens (tertiary/aromatic N) is 2. The Balaban J connectivity index is 3.05. The molecule has 1 aromatic carbocycles. The van der Waals surface area contributed by atoms with Crippen LogP contribution in [0.15, 0.2) is 40.3 Å². The summed E-state index contributed by atoms with van der Waals surface area (Å²) in [6.07, 6.45) is 0.750. The van der Waals surface area contributed by atoms with Gasteiger partial charge in [0.25, 0.3) is 0 Å². The van der Waals surface area contributed by atoms with Crippen molar-refractivity contribution in [3.63, 3.8) is 0 Å². The van der Waals surface area contributed by atoms with Crippen LogP contribution in [0.5, 0.6) is 0 Å². The van der Waals surface area contributed by atoms with E-state index in [-0.39, 0.29) is 0 Å². The van der Waals surface area contributed by atoms with Crippen LogP contribution >= 0.6 is 11.6 Å². The van der Waals surface area contributed by atoms with E-state index in [1.165, 1.54) is 0 Å². The molecule has 0 spiro atoms. The van der Waals surface area contributed by atoms with Gasteiger partial charge in [-0.15, -0.1) is 0 Å². The van der Waals surface area contributed by atoms with Crippen LogP contribution in [0.1, 0.15) is 25.8 Å². The van der Waals surface area contributed by atoms with E-state index in [9.17, 15) is 0 Å². The zero-order chi connectivity index (χ0) is 11.3. The van der Waals surface area contributed by atoms with Crippen molar-refractivity contribution in [1.82, 2.24) is 0 Å². The summed E-state index contributed by atoms with van der Waals surface area (Å²) in [5, 5.41) is 0. The van der Waals surface area contributed by atoms with E-state index in [4.69, 9.17) is 11.6 Å². The van der Waals surface area contributed by atoms with Gasteiger partial charge >= 0.3 is 0 Å². The first-order valence-electron chi connectivity index (χ1n) is 4.90. The second-order valence-electron chi connectivity index (χ2n) is 3.46. The summed E-state index contributed by atoms with van der Waals surface area (Å²) in [6.45, 7) is 7.37. The molecule has 2 nitrogen and oxygen atoms in total. The fraction of sp³-hybridized carbons (Fsp3) is 0.333. The van der Waals surface area contributed by atoms with Crippen molar-refractivity contribution in [3.8, 4) is 0 Å².